The molecule has 2 amide bonds. The van der Waals surface area contributed by atoms with Crippen LogP contribution in [0.25, 0.3) is 0 Å². The van der Waals surface area contributed by atoms with Crippen LogP contribution >= 0.6 is 11.6 Å². The second kappa shape index (κ2) is 13.3. The Labute approximate surface area is 243 Å². The van der Waals surface area contributed by atoms with Gasteiger partial charge in [0, 0.05) is 18.1 Å². The van der Waals surface area contributed by atoms with E-state index in [0.29, 0.717) is 17.3 Å². The summed E-state index contributed by atoms with van der Waals surface area (Å²) in [7, 11) is -4.12. The van der Waals surface area contributed by atoms with E-state index in [1.807, 2.05) is 46.8 Å². The average Bonchev–Trinajstić information content (AvgIpc) is 2.88. The average molecular weight is 584 g/mol. The van der Waals surface area contributed by atoms with Crippen molar-refractivity contribution in [2.45, 2.75) is 59.0 Å². The van der Waals surface area contributed by atoms with Crippen LogP contribution in [0.1, 0.15) is 43.0 Å². The van der Waals surface area contributed by atoms with Gasteiger partial charge in [0.15, 0.2) is 0 Å². The molecular formula is C31H38ClN3O4S. The quantitative estimate of drug-likeness (QED) is 0.316. The van der Waals surface area contributed by atoms with Crippen molar-refractivity contribution in [1.29, 1.82) is 0 Å². The minimum atomic E-state index is -4.12. The molecule has 0 heterocycles. The van der Waals surface area contributed by atoms with Crippen LogP contribution in [0.3, 0.4) is 0 Å². The van der Waals surface area contributed by atoms with E-state index in [0.717, 1.165) is 26.6 Å². The van der Waals surface area contributed by atoms with Gasteiger partial charge in [-0.25, -0.2) is 8.42 Å². The van der Waals surface area contributed by atoms with Crippen molar-refractivity contribution in [3.8, 4) is 0 Å². The Kier molecular flexibility index (Phi) is 10.4. The molecule has 0 spiro atoms. The van der Waals surface area contributed by atoms with Gasteiger partial charge in [-0.2, -0.15) is 0 Å². The Morgan fingerprint density at radius 3 is 2.08 bits per heavy atom. The molecule has 3 aromatic rings. The summed E-state index contributed by atoms with van der Waals surface area (Å²) in [6.45, 7) is 11.3. The maximum Gasteiger partial charge on any atom is 0.264 e. The first-order valence-corrected chi connectivity index (χ1v) is 15.1. The molecule has 3 rings (SSSR count). The van der Waals surface area contributed by atoms with Crippen LogP contribution in [0, 0.1) is 26.7 Å². The highest BCUT2D eigenvalue weighted by Gasteiger charge is 2.32. The summed E-state index contributed by atoms with van der Waals surface area (Å²) < 4.78 is 29.1. The van der Waals surface area contributed by atoms with E-state index in [1.54, 1.807) is 49.4 Å². The van der Waals surface area contributed by atoms with E-state index in [1.165, 1.54) is 17.0 Å². The van der Waals surface area contributed by atoms with E-state index < -0.39 is 28.5 Å². The largest absolute Gasteiger partial charge is 0.354 e. The summed E-state index contributed by atoms with van der Waals surface area (Å²) in [4.78, 5) is 28.6. The van der Waals surface area contributed by atoms with Gasteiger partial charge in [0.1, 0.15) is 12.6 Å². The second-order valence-electron chi connectivity index (χ2n) is 10.6. The highest BCUT2D eigenvalue weighted by molar-refractivity contribution is 7.92. The molecule has 0 aliphatic carbocycles. The van der Waals surface area contributed by atoms with Gasteiger partial charge in [0.2, 0.25) is 11.8 Å². The highest BCUT2D eigenvalue weighted by atomic mass is 35.5. The van der Waals surface area contributed by atoms with Crippen molar-refractivity contribution >= 4 is 39.1 Å². The summed E-state index contributed by atoms with van der Waals surface area (Å²) in [6.07, 6.45) is 0. The molecule has 1 N–H and O–H groups in total. The van der Waals surface area contributed by atoms with Crippen molar-refractivity contribution in [1.82, 2.24) is 10.2 Å². The van der Waals surface area contributed by atoms with E-state index in [4.69, 9.17) is 11.6 Å². The topological polar surface area (TPSA) is 86.8 Å². The number of carbonyl (C=O) groups excluding carboxylic acids is 2. The van der Waals surface area contributed by atoms with Crippen LogP contribution in [-0.2, 0) is 26.2 Å². The minimum absolute atomic E-state index is 0.0779. The number of amides is 2. The smallest absolute Gasteiger partial charge is 0.264 e. The van der Waals surface area contributed by atoms with Gasteiger partial charge in [0.25, 0.3) is 10.0 Å². The van der Waals surface area contributed by atoms with Crippen LogP contribution in [0.5, 0.6) is 0 Å². The number of halogens is 1. The molecule has 0 bridgehead atoms. The van der Waals surface area contributed by atoms with Gasteiger partial charge in [-0.15, -0.1) is 0 Å². The SMILES string of the molecule is Cc1ccc(S(=O)(=O)N(CC(=O)N(Cc2cccc(Cl)c2)C(C)C(=O)NCC(C)C)c2cc(C)cc(C)c2)cc1. The van der Waals surface area contributed by atoms with Gasteiger partial charge >= 0.3 is 0 Å². The molecule has 0 aromatic heterocycles. The molecular weight excluding hydrogens is 546 g/mol. The molecule has 0 saturated heterocycles. The maximum atomic E-state index is 14.0. The molecule has 0 fully saturated rings. The van der Waals surface area contributed by atoms with E-state index in [-0.39, 0.29) is 23.3 Å². The van der Waals surface area contributed by atoms with Crippen LogP contribution in [0.2, 0.25) is 5.02 Å². The lowest BCUT2D eigenvalue weighted by atomic mass is 10.1. The Bertz CT molecular complexity index is 1440. The summed E-state index contributed by atoms with van der Waals surface area (Å²) in [6, 6.07) is 18.1. The zero-order valence-corrected chi connectivity index (χ0v) is 25.5. The predicted molar refractivity (Wildman–Crippen MR) is 161 cm³/mol. The third-order valence-electron chi connectivity index (χ3n) is 6.48. The molecule has 0 aliphatic heterocycles. The molecule has 9 heteroatoms. The number of nitrogens with one attached hydrogen (secondary N) is 1. The number of carbonyl (C=O) groups is 2. The monoisotopic (exact) mass is 583 g/mol. The van der Waals surface area contributed by atoms with Crippen LogP contribution in [-0.4, -0.2) is 44.3 Å². The summed E-state index contributed by atoms with van der Waals surface area (Å²) in [5, 5.41) is 3.39. The first-order chi connectivity index (χ1) is 18.8. The number of hydrogen-bond acceptors (Lipinski definition) is 4. The minimum Gasteiger partial charge on any atom is -0.354 e. The van der Waals surface area contributed by atoms with Crippen molar-refractivity contribution in [3.05, 3.63) is 94.0 Å². The second-order valence-corrected chi connectivity index (χ2v) is 12.9. The Hall–Kier alpha value is -3.36. The third kappa shape index (κ3) is 8.08. The third-order valence-corrected chi connectivity index (χ3v) is 8.50. The fraction of sp³-hybridized carbons (Fsp3) is 0.355. The molecule has 40 heavy (non-hydrogen) atoms. The van der Waals surface area contributed by atoms with E-state index >= 15 is 0 Å². The van der Waals surface area contributed by atoms with E-state index in [2.05, 4.69) is 5.32 Å². The normalized spacial score (nSPS) is 12.2. The molecule has 3 aromatic carbocycles. The molecule has 1 atom stereocenters. The zero-order chi connectivity index (χ0) is 29.6. The first kappa shape index (κ1) is 31.2. The van der Waals surface area contributed by atoms with Crippen molar-refractivity contribution in [2.75, 3.05) is 17.4 Å². The molecule has 0 saturated carbocycles. The molecule has 0 aliphatic rings. The predicted octanol–water partition coefficient (Wildman–Crippen LogP) is 5.65. The maximum absolute atomic E-state index is 14.0. The molecule has 1 unspecified atom stereocenters. The van der Waals surface area contributed by atoms with Crippen LogP contribution in [0.15, 0.2) is 71.6 Å². The highest BCUT2D eigenvalue weighted by Crippen LogP contribution is 2.27. The number of sulfonamides is 1. The Morgan fingerprint density at radius 2 is 1.50 bits per heavy atom. The first-order valence-electron chi connectivity index (χ1n) is 13.3. The zero-order valence-electron chi connectivity index (χ0n) is 23.9. The number of aryl methyl sites for hydroxylation is 3. The van der Waals surface area contributed by atoms with Gasteiger partial charge in [-0.05, 0) is 86.7 Å². The van der Waals surface area contributed by atoms with Gasteiger partial charge in [0.05, 0.1) is 10.6 Å². The summed E-state index contributed by atoms with van der Waals surface area (Å²) in [5.74, 6) is -0.599. The summed E-state index contributed by atoms with van der Waals surface area (Å²) >= 11 is 6.20. The van der Waals surface area contributed by atoms with Crippen molar-refractivity contribution in [2.24, 2.45) is 5.92 Å². The standard InChI is InChI=1S/C31H38ClN3O4S/c1-21(2)18-33-31(37)25(6)34(19-26-8-7-9-27(32)17-26)30(36)20-35(28-15-23(4)14-24(5)16-28)40(38,39)29-12-10-22(3)11-13-29/h7-17,21,25H,18-20H2,1-6H3,(H,33,37). The summed E-state index contributed by atoms with van der Waals surface area (Å²) in [5.41, 5.74) is 3.75. The fourth-order valence-corrected chi connectivity index (χ4v) is 5.94. The van der Waals surface area contributed by atoms with E-state index in [9.17, 15) is 18.0 Å². The lowest BCUT2D eigenvalue weighted by Crippen LogP contribution is -2.51. The lowest BCUT2D eigenvalue weighted by Gasteiger charge is -2.32. The van der Waals surface area contributed by atoms with Gasteiger partial charge < -0.3 is 10.2 Å². The fourth-order valence-electron chi connectivity index (χ4n) is 4.33. The van der Waals surface area contributed by atoms with Gasteiger partial charge in [-0.1, -0.05) is 61.3 Å². The van der Waals surface area contributed by atoms with Crippen molar-refractivity contribution in [3.63, 3.8) is 0 Å². The molecule has 214 valence electrons. The van der Waals surface area contributed by atoms with Crippen molar-refractivity contribution < 1.29 is 18.0 Å². The van der Waals surface area contributed by atoms with Crippen LogP contribution < -0.4 is 9.62 Å². The lowest BCUT2D eigenvalue weighted by molar-refractivity contribution is -0.139. The molecule has 7 nitrogen and oxygen atoms in total. The Morgan fingerprint density at radius 1 is 0.875 bits per heavy atom. The number of anilines is 1. The number of hydrogen-bond donors (Lipinski definition) is 1. The number of benzene rings is 3. The molecule has 0 radical (unpaired) electrons. The Balaban J connectivity index is 2.05. The number of nitrogens with zero attached hydrogens (tertiary/aromatic N) is 2. The number of rotatable bonds is 11. The van der Waals surface area contributed by atoms with Gasteiger partial charge in [-0.3, -0.25) is 13.9 Å². The van der Waals surface area contributed by atoms with Crippen LogP contribution in [0.4, 0.5) is 5.69 Å².